The predicted octanol–water partition coefficient (Wildman–Crippen LogP) is 1.27. The van der Waals surface area contributed by atoms with Gasteiger partial charge in [-0.15, -0.1) is 0 Å². The van der Waals surface area contributed by atoms with Gasteiger partial charge in [0.1, 0.15) is 47.8 Å². The van der Waals surface area contributed by atoms with Gasteiger partial charge in [0.2, 0.25) is 29.5 Å². The Morgan fingerprint density at radius 1 is 0.873 bits per heavy atom. The summed E-state index contributed by atoms with van der Waals surface area (Å²) in [6.45, 7) is 3.02. The molecule has 334 valence electrons. The summed E-state index contributed by atoms with van der Waals surface area (Å²) < 4.78 is 5.85. The van der Waals surface area contributed by atoms with Gasteiger partial charge in [0, 0.05) is 65.4 Å². The molecule has 3 aromatic rings. The van der Waals surface area contributed by atoms with Gasteiger partial charge in [-0.25, -0.2) is 9.78 Å². The van der Waals surface area contributed by atoms with Crippen LogP contribution in [0.25, 0.3) is 0 Å². The molecule has 1 aromatic heterocycles. The number of Topliss-reactive ketones (excluding diaryl/α,β-unsaturated/α-hetero) is 1. The number of nitrogens with zero attached hydrogens (tertiary/aromatic N) is 5. The van der Waals surface area contributed by atoms with Gasteiger partial charge in [-0.3, -0.25) is 33.6 Å². The maximum absolute atomic E-state index is 15.0. The molecule has 63 heavy (non-hydrogen) atoms. The highest BCUT2D eigenvalue weighted by atomic mass is 16.5. The lowest BCUT2D eigenvalue weighted by molar-refractivity contribution is -0.156. The number of anilines is 1. The van der Waals surface area contributed by atoms with E-state index in [2.05, 4.69) is 20.9 Å². The van der Waals surface area contributed by atoms with Crippen LogP contribution in [0.2, 0.25) is 0 Å². The van der Waals surface area contributed by atoms with Crippen molar-refractivity contribution in [3.05, 3.63) is 89.7 Å². The number of fused-ring (bicyclic) bond motifs is 2. The first-order valence-corrected chi connectivity index (χ1v) is 21.1. The molecule has 0 spiro atoms. The first-order chi connectivity index (χ1) is 30.1. The lowest BCUT2D eigenvalue weighted by Gasteiger charge is -2.40. The Morgan fingerprint density at radius 3 is 2.24 bits per heavy atom. The van der Waals surface area contributed by atoms with Crippen molar-refractivity contribution in [3.63, 3.8) is 0 Å². The molecule has 3 fully saturated rings. The van der Waals surface area contributed by atoms with Gasteiger partial charge in [0.05, 0.1) is 0 Å². The van der Waals surface area contributed by atoms with Crippen LogP contribution in [0.3, 0.4) is 0 Å². The van der Waals surface area contributed by atoms with Crippen LogP contribution in [0.5, 0.6) is 5.75 Å². The number of ether oxygens (including phenoxy) is 1. The summed E-state index contributed by atoms with van der Waals surface area (Å²) in [6, 6.07) is 10.1. The zero-order valence-corrected chi connectivity index (χ0v) is 36.0. The molecule has 4 N–H and O–H groups in total. The third kappa shape index (κ3) is 10.3. The number of likely N-dealkylation sites (N-methyl/N-ethyl adjacent to an activating group) is 1. The quantitative estimate of drug-likeness (QED) is 0.247. The molecule has 3 aliphatic heterocycles. The van der Waals surface area contributed by atoms with Crippen molar-refractivity contribution in [3.8, 4) is 5.75 Å². The Balaban J connectivity index is 1.44. The van der Waals surface area contributed by atoms with Crippen LogP contribution >= 0.6 is 0 Å². The molecule has 0 saturated carbocycles. The van der Waals surface area contributed by atoms with Gasteiger partial charge in [-0.1, -0.05) is 49.4 Å². The third-order valence-electron chi connectivity index (χ3n) is 11.8. The maximum atomic E-state index is 15.0. The second-order valence-electron chi connectivity index (χ2n) is 16.2. The zero-order chi connectivity index (χ0) is 45.5. The van der Waals surface area contributed by atoms with Crippen molar-refractivity contribution in [2.75, 3.05) is 39.1 Å². The van der Waals surface area contributed by atoms with Gasteiger partial charge in [0.15, 0.2) is 11.7 Å². The lowest BCUT2D eigenvalue weighted by atomic mass is 9.95. The molecular formula is C45H54N8O10. The van der Waals surface area contributed by atoms with Crippen molar-refractivity contribution in [2.24, 2.45) is 0 Å². The molecular weight excluding hydrogens is 813 g/mol. The summed E-state index contributed by atoms with van der Waals surface area (Å²) in [5.41, 5.74) is 1.45. The first kappa shape index (κ1) is 45.7. The first-order valence-electron chi connectivity index (χ1n) is 21.1. The number of ketones is 1. The molecule has 3 saturated heterocycles. The summed E-state index contributed by atoms with van der Waals surface area (Å²) in [7, 11) is 5.25. The van der Waals surface area contributed by atoms with Crippen molar-refractivity contribution < 1.29 is 48.2 Å². The minimum atomic E-state index is -1.68. The van der Waals surface area contributed by atoms with Gasteiger partial charge < -0.3 is 45.4 Å². The van der Waals surface area contributed by atoms with Crippen LogP contribution < -0.4 is 20.9 Å². The standard InChI is InChI=1S/C45H54N8O10/c1-6-31-42(59)52-22-11-14-32(52)43(60)51(5)34(24-27-16-18-29(19-17-27)50(3)4)44(61)53-23-20-30(54)25-33(53)39(56)49-37(28-12-8-7-9-13-28)45(62)63-26(2)36(40(57)47-31)48-41(58)38-35(55)15-10-21-46-38/h7-10,12-13,15-19,21,26,31-34,36-37,55H,6,11,14,20,22-25H2,1-5H3,(H,47,57)(H,48,58)(H,49,56)/t26-,31-,32+,33-,34-,36+,37-/m0/s1. The summed E-state index contributed by atoms with van der Waals surface area (Å²) in [4.78, 5) is 123. The molecule has 0 radical (unpaired) electrons. The number of benzene rings is 2. The third-order valence-corrected chi connectivity index (χ3v) is 11.8. The van der Waals surface area contributed by atoms with Crippen LogP contribution in [0.4, 0.5) is 5.69 Å². The highest BCUT2D eigenvalue weighted by Gasteiger charge is 2.45. The largest absolute Gasteiger partial charge is 0.505 e. The van der Waals surface area contributed by atoms with Gasteiger partial charge in [-0.2, -0.15) is 0 Å². The molecule has 0 unspecified atom stereocenters. The van der Waals surface area contributed by atoms with Crippen molar-refractivity contribution >= 4 is 52.9 Å². The molecule has 0 bridgehead atoms. The van der Waals surface area contributed by atoms with Crippen LogP contribution in [0.15, 0.2) is 72.9 Å². The summed E-state index contributed by atoms with van der Waals surface area (Å²) in [5.74, 6) is -6.33. The van der Waals surface area contributed by atoms with Crippen LogP contribution in [-0.2, 0) is 44.7 Å². The number of aromatic hydroxyl groups is 1. The Morgan fingerprint density at radius 2 is 1.57 bits per heavy atom. The number of carbonyl (C=O) groups excluding carboxylic acids is 8. The number of amides is 6. The SMILES string of the molecule is CC[C@@H]1NC(=O)[C@H](NC(=O)c2ncccc2O)[C@H](C)OC(=O)[C@H](c2ccccc2)NC(=O)[C@@H]2CC(=O)CCN2C(=O)[C@H](Cc2ccc(N(C)C)cc2)N(C)C(=O)[C@H]2CCCN2C1=O. The van der Waals surface area contributed by atoms with E-state index in [0.29, 0.717) is 12.0 Å². The summed E-state index contributed by atoms with van der Waals surface area (Å²) >= 11 is 0. The fraction of sp³-hybridized carbons (Fsp3) is 0.444. The van der Waals surface area contributed by atoms with E-state index in [1.165, 1.54) is 47.0 Å². The number of pyridine rings is 1. The smallest absolute Gasteiger partial charge is 0.333 e. The van der Waals surface area contributed by atoms with E-state index in [9.17, 15) is 43.5 Å². The number of nitrogens with one attached hydrogen (secondary N) is 3. The minimum absolute atomic E-state index is 0.0299. The Hall–Kier alpha value is -6.85. The minimum Gasteiger partial charge on any atom is -0.505 e. The molecule has 3 aliphatic rings. The average molecular weight is 867 g/mol. The number of carbonyl (C=O) groups is 8. The van der Waals surface area contributed by atoms with E-state index < -0.39 is 95.2 Å². The molecule has 18 nitrogen and oxygen atoms in total. The second kappa shape index (κ2) is 19.9. The van der Waals surface area contributed by atoms with Crippen molar-refractivity contribution in [1.82, 2.24) is 35.6 Å². The molecule has 0 aliphatic carbocycles. The monoisotopic (exact) mass is 866 g/mol. The summed E-state index contributed by atoms with van der Waals surface area (Å²) in [6.07, 6.45) is 0.175. The molecule has 4 heterocycles. The van der Waals surface area contributed by atoms with E-state index in [1.807, 2.05) is 43.3 Å². The number of esters is 1. The van der Waals surface area contributed by atoms with Gasteiger partial charge >= 0.3 is 5.97 Å². The number of aromatic nitrogens is 1. The highest BCUT2D eigenvalue weighted by molar-refractivity contribution is 6.01. The van der Waals surface area contributed by atoms with Crippen LogP contribution in [0.1, 0.15) is 73.6 Å². The Kier molecular flexibility index (Phi) is 14.4. The van der Waals surface area contributed by atoms with Crippen LogP contribution in [-0.4, -0.2) is 143 Å². The lowest BCUT2D eigenvalue weighted by Crippen LogP contribution is -2.61. The second-order valence-corrected chi connectivity index (χ2v) is 16.2. The number of hydrogen-bond acceptors (Lipinski definition) is 12. The number of piperidine rings is 1. The molecule has 6 rings (SSSR count). The molecule has 6 amide bonds. The normalized spacial score (nSPS) is 25.4. The van der Waals surface area contributed by atoms with E-state index >= 15 is 0 Å². The molecule has 18 heteroatoms. The molecule has 2 aromatic carbocycles. The Labute approximate surface area is 365 Å². The van der Waals surface area contributed by atoms with Crippen molar-refractivity contribution in [1.29, 1.82) is 0 Å². The number of rotatable bonds is 7. The van der Waals surface area contributed by atoms with Crippen LogP contribution in [0, 0.1) is 0 Å². The van der Waals surface area contributed by atoms with Gasteiger partial charge in [0.25, 0.3) is 5.91 Å². The van der Waals surface area contributed by atoms with E-state index in [1.54, 1.807) is 37.3 Å². The number of cyclic esters (lactones) is 1. The van der Waals surface area contributed by atoms with E-state index in [4.69, 9.17) is 4.74 Å². The highest BCUT2D eigenvalue weighted by Crippen LogP contribution is 2.27. The topological polar surface area (TPSA) is 228 Å². The van der Waals surface area contributed by atoms with Gasteiger partial charge in [-0.05, 0) is 61.6 Å². The van der Waals surface area contributed by atoms with E-state index in [0.717, 1.165) is 5.69 Å². The predicted molar refractivity (Wildman–Crippen MR) is 228 cm³/mol. The fourth-order valence-electron chi connectivity index (χ4n) is 8.20. The Bertz CT molecular complexity index is 2220. The molecule has 7 atom stereocenters. The summed E-state index contributed by atoms with van der Waals surface area (Å²) in [5, 5.41) is 18.2. The zero-order valence-electron chi connectivity index (χ0n) is 36.0. The number of hydrogen-bond donors (Lipinski definition) is 4. The maximum Gasteiger partial charge on any atom is 0.333 e. The van der Waals surface area contributed by atoms with Crippen molar-refractivity contribution in [2.45, 2.75) is 94.7 Å². The average Bonchev–Trinajstić information content (AvgIpc) is 3.77. The fourth-order valence-corrected chi connectivity index (χ4v) is 8.20. The van der Waals surface area contributed by atoms with E-state index in [-0.39, 0.29) is 56.5 Å².